The van der Waals surface area contributed by atoms with Gasteiger partial charge in [-0.1, -0.05) is 11.6 Å². The minimum Gasteiger partial charge on any atom is -0.400 e. The molecule has 0 bridgehead atoms. The Morgan fingerprint density at radius 3 is 2.45 bits per heavy atom. The van der Waals surface area contributed by atoms with Crippen molar-refractivity contribution in [1.82, 2.24) is 0 Å². The smallest absolute Gasteiger partial charge is 0.0567 e. The molecule has 1 rings (SSSR count). The third-order valence-electron chi connectivity index (χ3n) is 2.15. The Morgan fingerprint density at radius 1 is 1.45 bits per heavy atom. The number of nitrogens with two attached hydrogens (primary N) is 2. The van der Waals surface area contributed by atoms with Gasteiger partial charge in [0.1, 0.15) is 0 Å². The molecule has 0 saturated carbocycles. The van der Waals surface area contributed by atoms with Crippen molar-refractivity contribution in [3.8, 4) is 0 Å². The summed E-state index contributed by atoms with van der Waals surface area (Å²) in [7, 11) is 0. The highest BCUT2D eigenvalue weighted by atomic mass is 14.8. The van der Waals surface area contributed by atoms with Crippen LogP contribution in [-0.4, -0.2) is 5.54 Å². The maximum atomic E-state index is 5.98. The fourth-order valence-electron chi connectivity index (χ4n) is 1.62. The Morgan fingerprint density at radius 2 is 2.00 bits per heavy atom. The standard InChI is InChI=1S/C9H16N2/c1-6-4-7(2)8(10)9(3,11)5-6/h4H,5,10-11H2,1-3H3. The zero-order chi connectivity index (χ0) is 8.65. The first-order valence-corrected chi connectivity index (χ1v) is 3.86. The lowest BCUT2D eigenvalue weighted by atomic mass is 9.84. The summed E-state index contributed by atoms with van der Waals surface area (Å²) in [6, 6.07) is 0. The average molecular weight is 152 g/mol. The Kier molecular flexibility index (Phi) is 1.80. The van der Waals surface area contributed by atoms with Crippen LogP contribution in [0, 0.1) is 0 Å². The SMILES string of the molecule is CC1=CC(C)=C(N)C(C)(N)C1. The molecule has 0 spiro atoms. The molecular weight excluding hydrogens is 136 g/mol. The van der Waals surface area contributed by atoms with Crippen LogP contribution in [0.25, 0.3) is 0 Å². The topological polar surface area (TPSA) is 52.0 Å². The zero-order valence-corrected chi connectivity index (χ0v) is 7.44. The van der Waals surface area contributed by atoms with E-state index in [0.29, 0.717) is 0 Å². The van der Waals surface area contributed by atoms with E-state index in [1.807, 2.05) is 13.8 Å². The molecule has 1 aliphatic rings. The van der Waals surface area contributed by atoms with Gasteiger partial charge >= 0.3 is 0 Å². The third-order valence-corrected chi connectivity index (χ3v) is 2.15. The minimum atomic E-state index is -0.330. The van der Waals surface area contributed by atoms with Crippen molar-refractivity contribution >= 4 is 0 Å². The number of rotatable bonds is 0. The van der Waals surface area contributed by atoms with Gasteiger partial charge in [0.25, 0.3) is 0 Å². The number of hydrogen-bond acceptors (Lipinski definition) is 2. The third kappa shape index (κ3) is 1.46. The summed E-state index contributed by atoms with van der Waals surface area (Å²) in [5, 5.41) is 0. The molecular formula is C9H16N2. The van der Waals surface area contributed by atoms with Gasteiger partial charge in [0, 0.05) is 5.70 Å². The second-order valence-corrected chi connectivity index (χ2v) is 3.68. The highest BCUT2D eigenvalue weighted by molar-refractivity contribution is 5.37. The van der Waals surface area contributed by atoms with Gasteiger partial charge in [-0.2, -0.15) is 0 Å². The van der Waals surface area contributed by atoms with Gasteiger partial charge in [0.15, 0.2) is 0 Å². The highest BCUT2D eigenvalue weighted by Crippen LogP contribution is 2.27. The van der Waals surface area contributed by atoms with E-state index in [2.05, 4.69) is 13.0 Å². The van der Waals surface area contributed by atoms with Crippen LogP contribution in [0.2, 0.25) is 0 Å². The first-order valence-electron chi connectivity index (χ1n) is 3.86. The molecule has 0 aromatic carbocycles. The number of allylic oxidation sites excluding steroid dienone is 2. The maximum Gasteiger partial charge on any atom is 0.0567 e. The predicted octanol–water partition coefficient (Wildman–Crippen LogP) is 1.29. The van der Waals surface area contributed by atoms with Gasteiger partial charge in [0.2, 0.25) is 0 Å². The Labute approximate surface area is 68.0 Å². The molecule has 62 valence electrons. The maximum absolute atomic E-state index is 5.98. The lowest BCUT2D eigenvalue weighted by Crippen LogP contribution is -2.44. The fraction of sp³-hybridized carbons (Fsp3) is 0.556. The fourth-order valence-corrected chi connectivity index (χ4v) is 1.62. The van der Waals surface area contributed by atoms with Crippen molar-refractivity contribution in [2.45, 2.75) is 32.7 Å². The van der Waals surface area contributed by atoms with Crippen molar-refractivity contribution in [2.24, 2.45) is 11.5 Å². The Bertz CT molecular complexity index is 234. The highest BCUT2D eigenvalue weighted by Gasteiger charge is 2.26. The molecule has 11 heavy (non-hydrogen) atoms. The molecule has 1 aliphatic carbocycles. The second kappa shape index (κ2) is 2.38. The second-order valence-electron chi connectivity index (χ2n) is 3.68. The van der Waals surface area contributed by atoms with Gasteiger partial charge in [-0.05, 0) is 32.8 Å². The molecule has 0 aromatic heterocycles. The largest absolute Gasteiger partial charge is 0.400 e. The van der Waals surface area contributed by atoms with Crippen LogP contribution in [0.5, 0.6) is 0 Å². The van der Waals surface area contributed by atoms with Crippen LogP contribution in [0.4, 0.5) is 0 Å². The van der Waals surface area contributed by atoms with Crippen LogP contribution in [0.3, 0.4) is 0 Å². The van der Waals surface area contributed by atoms with Crippen LogP contribution in [0.1, 0.15) is 27.2 Å². The van der Waals surface area contributed by atoms with E-state index in [0.717, 1.165) is 17.7 Å². The summed E-state index contributed by atoms with van der Waals surface area (Å²) in [4.78, 5) is 0. The van der Waals surface area contributed by atoms with E-state index in [1.165, 1.54) is 5.57 Å². The molecule has 0 fully saturated rings. The van der Waals surface area contributed by atoms with Crippen LogP contribution in [0.15, 0.2) is 22.9 Å². The quantitative estimate of drug-likeness (QED) is 0.549. The van der Waals surface area contributed by atoms with Crippen molar-refractivity contribution < 1.29 is 0 Å². The van der Waals surface area contributed by atoms with Crippen molar-refractivity contribution in [3.05, 3.63) is 22.9 Å². The normalized spacial score (nSPS) is 32.2. The summed E-state index contributed by atoms with van der Waals surface area (Å²) in [6.07, 6.45) is 2.97. The van der Waals surface area contributed by atoms with Crippen molar-refractivity contribution in [2.75, 3.05) is 0 Å². The van der Waals surface area contributed by atoms with Gasteiger partial charge in [-0.15, -0.1) is 0 Å². The first-order chi connectivity index (χ1) is 4.93. The van der Waals surface area contributed by atoms with Gasteiger partial charge in [-0.25, -0.2) is 0 Å². The van der Waals surface area contributed by atoms with Crippen LogP contribution >= 0.6 is 0 Å². The van der Waals surface area contributed by atoms with Crippen LogP contribution in [-0.2, 0) is 0 Å². The Hall–Kier alpha value is -0.760. The molecule has 2 heteroatoms. The van der Waals surface area contributed by atoms with Crippen LogP contribution < -0.4 is 11.5 Å². The Balaban J connectivity index is 3.07. The lowest BCUT2D eigenvalue weighted by molar-refractivity contribution is 0.525. The molecule has 1 atom stereocenters. The zero-order valence-electron chi connectivity index (χ0n) is 7.44. The van der Waals surface area contributed by atoms with E-state index < -0.39 is 0 Å². The monoisotopic (exact) mass is 152 g/mol. The first kappa shape index (κ1) is 8.34. The number of hydrogen-bond donors (Lipinski definition) is 2. The minimum absolute atomic E-state index is 0.330. The molecule has 4 N–H and O–H groups in total. The molecule has 2 nitrogen and oxygen atoms in total. The molecule has 1 unspecified atom stereocenters. The summed E-state index contributed by atoms with van der Waals surface area (Å²) >= 11 is 0. The average Bonchev–Trinajstić information content (AvgIpc) is 1.81. The van der Waals surface area contributed by atoms with E-state index in [1.54, 1.807) is 0 Å². The van der Waals surface area contributed by atoms with Gasteiger partial charge in [-0.3, -0.25) is 0 Å². The lowest BCUT2D eigenvalue weighted by Gasteiger charge is -2.30. The summed E-state index contributed by atoms with van der Waals surface area (Å²) in [5.41, 5.74) is 14.7. The molecule has 0 saturated heterocycles. The van der Waals surface area contributed by atoms with E-state index in [4.69, 9.17) is 11.5 Å². The predicted molar refractivity (Wildman–Crippen MR) is 47.9 cm³/mol. The molecule has 0 radical (unpaired) electrons. The molecule has 0 heterocycles. The summed E-state index contributed by atoms with van der Waals surface area (Å²) in [6.45, 7) is 6.06. The van der Waals surface area contributed by atoms with E-state index >= 15 is 0 Å². The van der Waals surface area contributed by atoms with Crippen molar-refractivity contribution in [3.63, 3.8) is 0 Å². The summed E-state index contributed by atoms with van der Waals surface area (Å²) < 4.78 is 0. The van der Waals surface area contributed by atoms with E-state index in [9.17, 15) is 0 Å². The van der Waals surface area contributed by atoms with E-state index in [-0.39, 0.29) is 5.54 Å². The van der Waals surface area contributed by atoms with Crippen molar-refractivity contribution in [1.29, 1.82) is 0 Å². The molecule has 0 aliphatic heterocycles. The summed E-state index contributed by atoms with van der Waals surface area (Å²) in [5.74, 6) is 0. The molecule has 0 aromatic rings. The molecule has 0 amide bonds. The van der Waals surface area contributed by atoms with Gasteiger partial charge in [0.05, 0.1) is 5.54 Å². The van der Waals surface area contributed by atoms with Gasteiger partial charge < -0.3 is 11.5 Å².